The number of anilines is 1. The molecule has 0 aliphatic heterocycles. The van der Waals surface area contributed by atoms with Crippen molar-refractivity contribution in [2.45, 2.75) is 20.4 Å². The van der Waals surface area contributed by atoms with Gasteiger partial charge in [0.2, 0.25) is 0 Å². The highest BCUT2D eigenvalue weighted by Gasteiger charge is 2.04. The number of hydrogen-bond acceptors (Lipinski definition) is 2. The Kier molecular flexibility index (Phi) is 3.34. The molecule has 2 nitrogen and oxygen atoms in total. The van der Waals surface area contributed by atoms with Crippen LogP contribution in [0.15, 0.2) is 39.4 Å². The van der Waals surface area contributed by atoms with E-state index in [9.17, 15) is 0 Å². The Balaban J connectivity index is 2.15. The Morgan fingerprint density at radius 3 is 2.50 bits per heavy atom. The Labute approximate surface area is 104 Å². The summed E-state index contributed by atoms with van der Waals surface area (Å²) in [7, 11) is 0. The van der Waals surface area contributed by atoms with Gasteiger partial charge in [-0.25, -0.2) is 0 Å². The summed E-state index contributed by atoms with van der Waals surface area (Å²) in [4.78, 5) is 0. The third-order valence-corrected chi connectivity index (χ3v) is 2.97. The Morgan fingerprint density at radius 2 is 1.94 bits per heavy atom. The van der Waals surface area contributed by atoms with Crippen LogP contribution in [0.2, 0.25) is 0 Å². The van der Waals surface area contributed by atoms with E-state index < -0.39 is 0 Å². The molecule has 0 aliphatic carbocycles. The highest BCUT2D eigenvalue weighted by molar-refractivity contribution is 9.10. The average Bonchev–Trinajstić information content (AvgIpc) is 2.68. The van der Waals surface area contributed by atoms with Crippen molar-refractivity contribution >= 4 is 21.6 Å². The largest absolute Gasteiger partial charge is 0.467 e. The first-order valence-corrected chi connectivity index (χ1v) is 5.99. The van der Waals surface area contributed by atoms with E-state index in [0.29, 0.717) is 0 Å². The fourth-order valence-corrected chi connectivity index (χ4v) is 2.46. The molecule has 0 bridgehead atoms. The van der Waals surface area contributed by atoms with Gasteiger partial charge in [0.1, 0.15) is 5.76 Å². The third-order valence-electron chi connectivity index (χ3n) is 2.52. The normalized spacial score (nSPS) is 10.4. The smallest absolute Gasteiger partial charge is 0.122 e. The van der Waals surface area contributed by atoms with Crippen LogP contribution in [0.3, 0.4) is 0 Å². The van der Waals surface area contributed by atoms with Gasteiger partial charge in [-0.3, -0.25) is 0 Å². The highest BCUT2D eigenvalue weighted by atomic mass is 79.9. The first-order chi connectivity index (χ1) is 7.66. The van der Waals surface area contributed by atoms with Gasteiger partial charge in [0, 0.05) is 10.2 Å². The SMILES string of the molecule is Cc1cc(Br)cc(C)c1NCc1ccco1. The molecule has 0 atom stereocenters. The molecular weight excluding hydrogens is 266 g/mol. The lowest BCUT2D eigenvalue weighted by Gasteiger charge is -2.12. The van der Waals surface area contributed by atoms with Gasteiger partial charge in [-0.05, 0) is 49.2 Å². The lowest BCUT2D eigenvalue weighted by Crippen LogP contribution is -2.02. The monoisotopic (exact) mass is 279 g/mol. The van der Waals surface area contributed by atoms with Gasteiger partial charge in [0.25, 0.3) is 0 Å². The van der Waals surface area contributed by atoms with Crippen LogP contribution in [0, 0.1) is 13.8 Å². The average molecular weight is 280 g/mol. The Morgan fingerprint density at radius 1 is 1.25 bits per heavy atom. The molecule has 1 aromatic heterocycles. The number of rotatable bonds is 3. The number of aryl methyl sites for hydroxylation is 2. The minimum Gasteiger partial charge on any atom is -0.467 e. The van der Waals surface area contributed by atoms with Gasteiger partial charge in [-0.1, -0.05) is 15.9 Å². The zero-order valence-electron chi connectivity index (χ0n) is 9.38. The number of halogens is 1. The molecule has 0 spiro atoms. The van der Waals surface area contributed by atoms with Crippen LogP contribution in [-0.4, -0.2) is 0 Å². The minimum absolute atomic E-state index is 0.719. The van der Waals surface area contributed by atoms with Crippen molar-refractivity contribution in [1.29, 1.82) is 0 Å². The number of furan rings is 1. The van der Waals surface area contributed by atoms with Crippen LogP contribution in [0.4, 0.5) is 5.69 Å². The Bertz CT molecular complexity index is 454. The van der Waals surface area contributed by atoms with Gasteiger partial charge in [-0.15, -0.1) is 0 Å². The Hall–Kier alpha value is -1.22. The molecule has 0 unspecified atom stereocenters. The van der Waals surface area contributed by atoms with Crippen LogP contribution in [-0.2, 0) is 6.54 Å². The second-order valence-corrected chi connectivity index (χ2v) is 4.76. The number of benzene rings is 1. The van der Waals surface area contributed by atoms with Gasteiger partial charge < -0.3 is 9.73 Å². The van der Waals surface area contributed by atoms with Crippen molar-refractivity contribution < 1.29 is 4.42 Å². The zero-order chi connectivity index (χ0) is 11.5. The number of hydrogen-bond donors (Lipinski definition) is 1. The topological polar surface area (TPSA) is 25.2 Å². The predicted octanol–water partition coefficient (Wildman–Crippen LogP) is 4.27. The summed E-state index contributed by atoms with van der Waals surface area (Å²) in [6.45, 7) is 4.92. The molecule has 0 fully saturated rings. The van der Waals surface area contributed by atoms with Crippen LogP contribution in [0.1, 0.15) is 16.9 Å². The molecule has 0 saturated carbocycles. The van der Waals surface area contributed by atoms with Crippen LogP contribution in [0.25, 0.3) is 0 Å². The zero-order valence-corrected chi connectivity index (χ0v) is 11.0. The van der Waals surface area contributed by atoms with E-state index >= 15 is 0 Å². The predicted molar refractivity (Wildman–Crippen MR) is 69.7 cm³/mol. The fourth-order valence-electron chi connectivity index (χ4n) is 1.78. The highest BCUT2D eigenvalue weighted by Crippen LogP contribution is 2.25. The van der Waals surface area contributed by atoms with E-state index in [-0.39, 0.29) is 0 Å². The lowest BCUT2D eigenvalue weighted by atomic mass is 10.1. The van der Waals surface area contributed by atoms with Crippen molar-refractivity contribution in [3.63, 3.8) is 0 Å². The molecule has 0 aliphatic rings. The molecule has 1 heterocycles. The van der Waals surface area contributed by atoms with Crippen LogP contribution < -0.4 is 5.32 Å². The van der Waals surface area contributed by atoms with E-state index in [4.69, 9.17) is 4.42 Å². The molecule has 0 amide bonds. The van der Waals surface area contributed by atoms with E-state index in [1.165, 1.54) is 16.8 Å². The third kappa shape index (κ3) is 2.47. The molecule has 3 heteroatoms. The van der Waals surface area contributed by atoms with Gasteiger partial charge >= 0.3 is 0 Å². The van der Waals surface area contributed by atoms with Crippen LogP contribution >= 0.6 is 15.9 Å². The van der Waals surface area contributed by atoms with Crippen LogP contribution in [0.5, 0.6) is 0 Å². The van der Waals surface area contributed by atoms with E-state index in [2.05, 4.69) is 47.2 Å². The second-order valence-electron chi connectivity index (χ2n) is 3.85. The number of nitrogens with one attached hydrogen (secondary N) is 1. The first-order valence-electron chi connectivity index (χ1n) is 5.20. The minimum atomic E-state index is 0.719. The summed E-state index contributed by atoms with van der Waals surface area (Å²) in [5, 5.41) is 3.40. The molecule has 1 N–H and O–H groups in total. The van der Waals surface area contributed by atoms with Gasteiger partial charge in [0.15, 0.2) is 0 Å². The quantitative estimate of drug-likeness (QED) is 0.908. The maximum atomic E-state index is 5.29. The molecular formula is C13H14BrNO. The summed E-state index contributed by atoms with van der Waals surface area (Å²) in [5.74, 6) is 0.946. The lowest BCUT2D eigenvalue weighted by molar-refractivity contribution is 0.518. The molecule has 2 aromatic rings. The van der Waals surface area contributed by atoms with E-state index in [1.807, 2.05) is 12.1 Å². The second kappa shape index (κ2) is 4.74. The van der Waals surface area contributed by atoms with Crippen molar-refractivity contribution in [2.75, 3.05) is 5.32 Å². The summed E-state index contributed by atoms with van der Waals surface area (Å²) >= 11 is 3.49. The van der Waals surface area contributed by atoms with Crippen molar-refractivity contribution in [3.8, 4) is 0 Å². The molecule has 0 saturated heterocycles. The molecule has 84 valence electrons. The maximum Gasteiger partial charge on any atom is 0.122 e. The standard InChI is InChI=1S/C13H14BrNO/c1-9-6-11(14)7-10(2)13(9)15-8-12-4-3-5-16-12/h3-7,15H,8H2,1-2H3. The molecule has 1 aromatic carbocycles. The summed E-state index contributed by atoms with van der Waals surface area (Å²) in [6, 6.07) is 8.09. The molecule has 16 heavy (non-hydrogen) atoms. The fraction of sp³-hybridized carbons (Fsp3) is 0.231. The summed E-state index contributed by atoms with van der Waals surface area (Å²) < 4.78 is 6.40. The van der Waals surface area contributed by atoms with E-state index in [0.717, 1.165) is 16.8 Å². The summed E-state index contributed by atoms with van der Waals surface area (Å²) in [6.07, 6.45) is 1.69. The van der Waals surface area contributed by atoms with Crippen molar-refractivity contribution in [2.24, 2.45) is 0 Å². The molecule has 0 radical (unpaired) electrons. The van der Waals surface area contributed by atoms with Gasteiger partial charge in [0.05, 0.1) is 12.8 Å². The van der Waals surface area contributed by atoms with Crippen molar-refractivity contribution in [1.82, 2.24) is 0 Å². The first kappa shape index (κ1) is 11.3. The van der Waals surface area contributed by atoms with Crippen molar-refractivity contribution in [3.05, 3.63) is 51.9 Å². The van der Waals surface area contributed by atoms with Gasteiger partial charge in [-0.2, -0.15) is 0 Å². The maximum absolute atomic E-state index is 5.29. The summed E-state index contributed by atoms with van der Waals surface area (Å²) in [5.41, 5.74) is 3.65. The molecule has 2 rings (SSSR count). The van der Waals surface area contributed by atoms with E-state index in [1.54, 1.807) is 6.26 Å².